The van der Waals surface area contributed by atoms with Crippen molar-refractivity contribution in [3.8, 4) is 0 Å². The van der Waals surface area contributed by atoms with Crippen molar-refractivity contribution in [3.05, 3.63) is 41.0 Å². The second-order valence-corrected chi connectivity index (χ2v) is 5.44. The molecule has 1 aromatic carbocycles. The van der Waals surface area contributed by atoms with Gasteiger partial charge >= 0.3 is 0 Å². The third-order valence-electron chi connectivity index (χ3n) is 4.35. The Morgan fingerprint density at radius 1 is 1.05 bits per heavy atom. The van der Waals surface area contributed by atoms with Gasteiger partial charge in [0.1, 0.15) is 11.6 Å². The summed E-state index contributed by atoms with van der Waals surface area (Å²) in [6, 6.07) is 8.14. The third kappa shape index (κ3) is 1.95. The van der Waals surface area contributed by atoms with Gasteiger partial charge in [0.15, 0.2) is 0 Å². The van der Waals surface area contributed by atoms with E-state index in [0.717, 1.165) is 18.4 Å². The van der Waals surface area contributed by atoms with Crippen LogP contribution in [0.15, 0.2) is 29.8 Å². The molecule has 2 aliphatic rings. The highest BCUT2D eigenvalue weighted by molar-refractivity contribution is 6.06. The van der Waals surface area contributed by atoms with Crippen molar-refractivity contribution in [1.82, 2.24) is 0 Å². The van der Waals surface area contributed by atoms with E-state index in [2.05, 4.69) is 25.1 Å². The van der Waals surface area contributed by atoms with Gasteiger partial charge in [-0.1, -0.05) is 42.8 Å². The quantitative estimate of drug-likeness (QED) is 0.757. The Morgan fingerprint density at radius 3 is 2.42 bits per heavy atom. The first-order valence-electron chi connectivity index (χ1n) is 7.07. The van der Waals surface area contributed by atoms with Gasteiger partial charge in [-0.2, -0.15) is 0 Å². The topological polar surface area (TPSA) is 34.1 Å². The fraction of sp³-hybridized carbons (Fsp3) is 0.412. The largest absolute Gasteiger partial charge is 0.299 e. The average molecular weight is 254 g/mol. The Morgan fingerprint density at radius 2 is 1.74 bits per heavy atom. The van der Waals surface area contributed by atoms with Crippen molar-refractivity contribution in [2.24, 2.45) is 5.92 Å². The lowest BCUT2D eigenvalue weighted by atomic mass is 9.73. The van der Waals surface area contributed by atoms with Gasteiger partial charge in [0, 0.05) is 18.8 Å². The van der Waals surface area contributed by atoms with E-state index in [0.29, 0.717) is 12.8 Å². The lowest BCUT2D eigenvalue weighted by Crippen LogP contribution is -2.33. The monoisotopic (exact) mass is 254 g/mol. The van der Waals surface area contributed by atoms with Crippen LogP contribution in [0.4, 0.5) is 0 Å². The molecule has 98 valence electrons. The zero-order chi connectivity index (χ0) is 13.4. The SMILES string of the molecule is CCC1=Cc2ccccc2C1C1C(=O)CCCC1=O. The average Bonchev–Trinajstić information content (AvgIpc) is 2.77. The van der Waals surface area contributed by atoms with Gasteiger partial charge in [-0.25, -0.2) is 0 Å². The Balaban J connectivity index is 2.05. The van der Waals surface area contributed by atoms with E-state index in [9.17, 15) is 9.59 Å². The van der Waals surface area contributed by atoms with Crippen molar-refractivity contribution < 1.29 is 9.59 Å². The minimum absolute atomic E-state index is 0.00139. The van der Waals surface area contributed by atoms with E-state index >= 15 is 0 Å². The van der Waals surface area contributed by atoms with Crippen molar-refractivity contribution in [1.29, 1.82) is 0 Å². The van der Waals surface area contributed by atoms with Crippen LogP contribution < -0.4 is 0 Å². The fourth-order valence-corrected chi connectivity index (χ4v) is 3.43. The Bertz CT molecular complexity index is 552. The zero-order valence-electron chi connectivity index (χ0n) is 11.2. The second-order valence-electron chi connectivity index (χ2n) is 5.44. The van der Waals surface area contributed by atoms with Crippen LogP contribution >= 0.6 is 0 Å². The van der Waals surface area contributed by atoms with Crippen LogP contribution in [-0.4, -0.2) is 11.6 Å². The van der Waals surface area contributed by atoms with Crippen molar-refractivity contribution in [2.75, 3.05) is 0 Å². The van der Waals surface area contributed by atoms with Gasteiger partial charge in [-0.3, -0.25) is 9.59 Å². The molecule has 0 amide bonds. The second kappa shape index (κ2) is 4.76. The number of hydrogen-bond donors (Lipinski definition) is 0. The van der Waals surface area contributed by atoms with E-state index in [1.165, 1.54) is 11.1 Å². The molecule has 0 heterocycles. The lowest BCUT2D eigenvalue weighted by molar-refractivity contribution is -0.136. The third-order valence-corrected chi connectivity index (χ3v) is 4.35. The maximum Gasteiger partial charge on any atom is 0.144 e. The summed E-state index contributed by atoms with van der Waals surface area (Å²) in [5, 5.41) is 0. The van der Waals surface area contributed by atoms with Crippen LogP contribution in [0.3, 0.4) is 0 Å². The van der Waals surface area contributed by atoms with Gasteiger partial charge in [0.25, 0.3) is 0 Å². The smallest absolute Gasteiger partial charge is 0.144 e. The number of carbonyl (C=O) groups is 2. The molecule has 2 aliphatic carbocycles. The van der Waals surface area contributed by atoms with E-state index in [4.69, 9.17) is 0 Å². The van der Waals surface area contributed by atoms with Gasteiger partial charge < -0.3 is 0 Å². The fourth-order valence-electron chi connectivity index (χ4n) is 3.43. The number of carbonyl (C=O) groups excluding carboxylic acids is 2. The number of benzene rings is 1. The summed E-state index contributed by atoms with van der Waals surface area (Å²) in [6.07, 6.45) is 4.91. The Kier molecular flexibility index (Phi) is 3.09. The van der Waals surface area contributed by atoms with Crippen molar-refractivity contribution in [3.63, 3.8) is 0 Å². The molecular weight excluding hydrogens is 236 g/mol. The molecule has 0 aliphatic heterocycles. The summed E-state index contributed by atoms with van der Waals surface area (Å²) < 4.78 is 0. The molecule has 2 nitrogen and oxygen atoms in total. The molecule has 1 aromatic rings. The number of fused-ring (bicyclic) bond motifs is 1. The molecule has 1 fully saturated rings. The number of Topliss-reactive ketones (excluding diaryl/α,β-unsaturated/α-hetero) is 2. The van der Waals surface area contributed by atoms with Crippen LogP contribution in [0, 0.1) is 5.92 Å². The standard InChI is InChI=1S/C17H18O2/c1-2-11-10-12-6-3-4-7-13(12)16(11)17-14(18)8-5-9-15(17)19/h3-4,6-7,10,16-17H,2,5,8-9H2,1H3. The molecule has 1 saturated carbocycles. The van der Waals surface area contributed by atoms with Crippen LogP contribution in [0.1, 0.15) is 49.7 Å². The Labute approximate surface area is 113 Å². The molecule has 2 heteroatoms. The van der Waals surface area contributed by atoms with Gasteiger partial charge in [0.2, 0.25) is 0 Å². The van der Waals surface area contributed by atoms with Crippen molar-refractivity contribution in [2.45, 2.75) is 38.5 Å². The first-order chi connectivity index (χ1) is 9.22. The van der Waals surface area contributed by atoms with Gasteiger partial charge in [-0.05, 0) is 24.0 Å². The summed E-state index contributed by atoms with van der Waals surface area (Å²) in [5.74, 6) is -0.153. The van der Waals surface area contributed by atoms with E-state index in [1.54, 1.807) is 0 Å². The summed E-state index contributed by atoms with van der Waals surface area (Å²) >= 11 is 0. The van der Waals surface area contributed by atoms with Crippen LogP contribution in [0.2, 0.25) is 0 Å². The summed E-state index contributed by atoms with van der Waals surface area (Å²) in [4.78, 5) is 24.4. The van der Waals surface area contributed by atoms with Crippen LogP contribution in [0.5, 0.6) is 0 Å². The summed E-state index contributed by atoms with van der Waals surface area (Å²) in [5.41, 5.74) is 3.57. The number of rotatable bonds is 2. The molecular formula is C17H18O2. The number of allylic oxidation sites excluding steroid dienone is 1. The Hall–Kier alpha value is -1.70. The molecule has 1 unspecified atom stereocenters. The molecule has 1 atom stereocenters. The molecule has 0 radical (unpaired) electrons. The maximum absolute atomic E-state index is 12.2. The molecule has 19 heavy (non-hydrogen) atoms. The summed E-state index contributed by atoms with van der Waals surface area (Å²) in [6.45, 7) is 2.10. The molecule has 3 rings (SSSR count). The first-order valence-corrected chi connectivity index (χ1v) is 7.07. The highest BCUT2D eigenvalue weighted by Crippen LogP contribution is 2.45. The maximum atomic E-state index is 12.2. The minimum atomic E-state index is -0.427. The first kappa shape index (κ1) is 12.3. The van der Waals surface area contributed by atoms with Crippen LogP contribution in [-0.2, 0) is 9.59 Å². The van der Waals surface area contributed by atoms with Gasteiger partial charge in [0.05, 0.1) is 5.92 Å². The predicted molar refractivity (Wildman–Crippen MR) is 74.8 cm³/mol. The van der Waals surface area contributed by atoms with Gasteiger partial charge in [-0.15, -0.1) is 0 Å². The normalized spacial score (nSPS) is 23.4. The van der Waals surface area contributed by atoms with E-state index in [1.807, 2.05) is 12.1 Å². The minimum Gasteiger partial charge on any atom is -0.299 e. The highest BCUT2D eigenvalue weighted by atomic mass is 16.2. The van der Waals surface area contributed by atoms with Crippen LogP contribution in [0.25, 0.3) is 6.08 Å². The molecule has 0 N–H and O–H groups in total. The molecule has 0 spiro atoms. The summed E-state index contributed by atoms with van der Waals surface area (Å²) in [7, 11) is 0. The van der Waals surface area contributed by atoms with E-state index < -0.39 is 5.92 Å². The highest BCUT2D eigenvalue weighted by Gasteiger charge is 2.41. The predicted octanol–water partition coefficient (Wildman–Crippen LogP) is 3.52. The number of ketones is 2. The molecule has 0 saturated heterocycles. The molecule has 0 bridgehead atoms. The van der Waals surface area contributed by atoms with Crippen molar-refractivity contribution >= 4 is 17.6 Å². The molecule has 0 aromatic heterocycles. The lowest BCUT2D eigenvalue weighted by Gasteiger charge is -2.27. The zero-order valence-corrected chi connectivity index (χ0v) is 11.2. The van der Waals surface area contributed by atoms with E-state index in [-0.39, 0.29) is 17.5 Å². The number of hydrogen-bond acceptors (Lipinski definition) is 2.